The first kappa shape index (κ1) is 19.9. The molecule has 0 bridgehead atoms. The summed E-state index contributed by atoms with van der Waals surface area (Å²) in [6.07, 6.45) is 1.10. The zero-order valence-electron chi connectivity index (χ0n) is 16.1. The summed E-state index contributed by atoms with van der Waals surface area (Å²) in [6.45, 7) is 2.54. The van der Waals surface area contributed by atoms with Crippen LogP contribution in [0, 0.1) is 0 Å². The molecule has 0 radical (unpaired) electrons. The lowest BCUT2D eigenvalue weighted by molar-refractivity contribution is 0.0956. The van der Waals surface area contributed by atoms with Crippen molar-refractivity contribution in [2.45, 2.75) is 17.9 Å². The minimum absolute atomic E-state index is 0.0280. The van der Waals surface area contributed by atoms with Gasteiger partial charge in [0.15, 0.2) is 0 Å². The van der Waals surface area contributed by atoms with Crippen LogP contribution >= 0.6 is 23.4 Å². The van der Waals surface area contributed by atoms with Gasteiger partial charge in [0.05, 0.1) is 0 Å². The average Bonchev–Trinajstić information content (AvgIpc) is 3.16. The molecule has 0 spiro atoms. The van der Waals surface area contributed by atoms with Gasteiger partial charge in [-0.05, 0) is 60.0 Å². The van der Waals surface area contributed by atoms with Gasteiger partial charge in [0, 0.05) is 46.6 Å². The highest BCUT2D eigenvalue weighted by Crippen LogP contribution is 2.28. The van der Waals surface area contributed by atoms with E-state index in [1.165, 1.54) is 16.8 Å². The normalized spacial score (nSPS) is 12.7. The van der Waals surface area contributed by atoms with E-state index in [1.807, 2.05) is 36.4 Å². The second-order valence-corrected chi connectivity index (χ2v) is 8.66. The zero-order chi connectivity index (χ0) is 20.1. The standard InChI is InChI=1S/C24H23ClN2OS/c25-21-9-11-22(12-10-21)29-16-14-26-24(28)20-7-5-18(6-8-20)17-27-15-13-19-3-1-2-4-23(19)27/h1-12H,13-17H2,(H,26,28). The predicted molar refractivity (Wildman–Crippen MR) is 122 cm³/mol. The Morgan fingerprint density at radius 1 is 1.00 bits per heavy atom. The summed E-state index contributed by atoms with van der Waals surface area (Å²) in [7, 11) is 0. The molecule has 0 unspecified atom stereocenters. The van der Waals surface area contributed by atoms with Crippen LogP contribution in [0.3, 0.4) is 0 Å². The van der Waals surface area contributed by atoms with Crippen LogP contribution in [-0.4, -0.2) is 24.7 Å². The van der Waals surface area contributed by atoms with Gasteiger partial charge >= 0.3 is 0 Å². The van der Waals surface area contributed by atoms with Gasteiger partial charge in [0.2, 0.25) is 0 Å². The molecule has 1 heterocycles. The molecule has 0 atom stereocenters. The molecule has 0 aliphatic carbocycles. The SMILES string of the molecule is O=C(NCCSc1ccc(Cl)cc1)c1ccc(CN2CCc3ccccc32)cc1. The van der Waals surface area contributed by atoms with Crippen LogP contribution in [0.25, 0.3) is 0 Å². The summed E-state index contributed by atoms with van der Waals surface area (Å²) in [5.74, 6) is 0.791. The third kappa shape index (κ3) is 5.14. The molecule has 5 heteroatoms. The second-order valence-electron chi connectivity index (χ2n) is 7.06. The Bertz CT molecular complexity index is 973. The highest BCUT2D eigenvalue weighted by Gasteiger charge is 2.18. The van der Waals surface area contributed by atoms with Crippen LogP contribution in [0.2, 0.25) is 5.02 Å². The maximum absolute atomic E-state index is 12.4. The van der Waals surface area contributed by atoms with Crippen LogP contribution in [0.1, 0.15) is 21.5 Å². The van der Waals surface area contributed by atoms with E-state index >= 15 is 0 Å². The van der Waals surface area contributed by atoms with Crippen molar-refractivity contribution in [1.29, 1.82) is 0 Å². The number of amides is 1. The molecule has 148 valence electrons. The van der Waals surface area contributed by atoms with Gasteiger partial charge in [-0.3, -0.25) is 4.79 Å². The Balaban J connectivity index is 1.25. The average molecular weight is 423 g/mol. The van der Waals surface area contributed by atoms with Crippen molar-refractivity contribution in [2.24, 2.45) is 0 Å². The van der Waals surface area contributed by atoms with E-state index in [2.05, 4.69) is 46.6 Å². The van der Waals surface area contributed by atoms with Crippen molar-refractivity contribution < 1.29 is 4.79 Å². The maximum Gasteiger partial charge on any atom is 0.251 e. The van der Waals surface area contributed by atoms with Crippen molar-refractivity contribution in [3.8, 4) is 0 Å². The van der Waals surface area contributed by atoms with Crippen LogP contribution in [0.4, 0.5) is 5.69 Å². The first-order chi connectivity index (χ1) is 14.2. The van der Waals surface area contributed by atoms with Gasteiger partial charge in [-0.2, -0.15) is 0 Å². The first-order valence-electron chi connectivity index (χ1n) is 9.77. The molecule has 0 saturated heterocycles. The van der Waals surface area contributed by atoms with Crippen LogP contribution < -0.4 is 10.2 Å². The van der Waals surface area contributed by atoms with Gasteiger partial charge in [0.25, 0.3) is 5.91 Å². The number of thioether (sulfide) groups is 1. The van der Waals surface area contributed by atoms with E-state index in [-0.39, 0.29) is 5.91 Å². The number of fused-ring (bicyclic) bond motifs is 1. The zero-order valence-corrected chi connectivity index (χ0v) is 17.7. The topological polar surface area (TPSA) is 32.3 Å². The summed E-state index contributed by atoms with van der Waals surface area (Å²) < 4.78 is 0. The van der Waals surface area contributed by atoms with Crippen molar-refractivity contribution in [3.63, 3.8) is 0 Å². The van der Waals surface area contributed by atoms with Crippen molar-refractivity contribution in [3.05, 3.63) is 94.5 Å². The van der Waals surface area contributed by atoms with E-state index in [0.717, 1.165) is 35.2 Å². The van der Waals surface area contributed by atoms with Crippen LogP contribution in [-0.2, 0) is 13.0 Å². The molecule has 0 saturated carbocycles. The molecule has 4 rings (SSSR count). The summed E-state index contributed by atoms with van der Waals surface area (Å²) >= 11 is 7.60. The Hall–Kier alpha value is -2.43. The molecule has 1 N–H and O–H groups in total. The molecule has 3 aromatic rings. The van der Waals surface area contributed by atoms with E-state index in [9.17, 15) is 4.79 Å². The fourth-order valence-electron chi connectivity index (χ4n) is 3.52. The molecule has 3 aromatic carbocycles. The Kier molecular flexibility index (Phi) is 6.43. The molecule has 1 amide bonds. The van der Waals surface area contributed by atoms with E-state index in [1.54, 1.807) is 11.8 Å². The Morgan fingerprint density at radius 3 is 2.55 bits per heavy atom. The fourth-order valence-corrected chi connectivity index (χ4v) is 4.41. The Morgan fingerprint density at radius 2 is 1.76 bits per heavy atom. The maximum atomic E-state index is 12.4. The van der Waals surface area contributed by atoms with E-state index in [4.69, 9.17) is 11.6 Å². The third-order valence-electron chi connectivity index (χ3n) is 5.04. The van der Waals surface area contributed by atoms with Crippen LogP contribution in [0.5, 0.6) is 0 Å². The van der Waals surface area contributed by atoms with Crippen molar-refractivity contribution >= 4 is 35.0 Å². The van der Waals surface area contributed by atoms with Crippen LogP contribution in [0.15, 0.2) is 77.7 Å². The lowest BCUT2D eigenvalue weighted by Crippen LogP contribution is -2.25. The lowest BCUT2D eigenvalue weighted by atomic mass is 10.1. The number of nitrogens with zero attached hydrogens (tertiary/aromatic N) is 1. The minimum atomic E-state index is -0.0280. The smallest absolute Gasteiger partial charge is 0.251 e. The number of carbonyl (C=O) groups excluding carboxylic acids is 1. The molecule has 1 aliphatic heterocycles. The number of benzene rings is 3. The number of carbonyl (C=O) groups is 1. The molecule has 1 aliphatic rings. The number of nitrogens with one attached hydrogen (secondary N) is 1. The quantitative estimate of drug-likeness (QED) is 0.407. The summed E-state index contributed by atoms with van der Waals surface area (Å²) in [5, 5.41) is 3.73. The van der Waals surface area contributed by atoms with Gasteiger partial charge in [-0.1, -0.05) is 41.9 Å². The second kappa shape index (κ2) is 9.38. The number of hydrogen-bond acceptors (Lipinski definition) is 3. The monoisotopic (exact) mass is 422 g/mol. The number of para-hydroxylation sites is 1. The number of rotatable bonds is 7. The molecule has 29 heavy (non-hydrogen) atoms. The minimum Gasteiger partial charge on any atom is -0.367 e. The number of anilines is 1. The number of hydrogen-bond donors (Lipinski definition) is 1. The van der Waals surface area contributed by atoms with Gasteiger partial charge in [-0.15, -0.1) is 11.8 Å². The fraction of sp³-hybridized carbons (Fsp3) is 0.208. The lowest BCUT2D eigenvalue weighted by Gasteiger charge is -2.19. The highest BCUT2D eigenvalue weighted by molar-refractivity contribution is 7.99. The highest BCUT2D eigenvalue weighted by atomic mass is 35.5. The summed E-state index contributed by atoms with van der Waals surface area (Å²) in [6, 6.07) is 24.3. The summed E-state index contributed by atoms with van der Waals surface area (Å²) in [5.41, 5.74) is 4.66. The van der Waals surface area contributed by atoms with Crippen molar-refractivity contribution in [1.82, 2.24) is 5.32 Å². The van der Waals surface area contributed by atoms with E-state index in [0.29, 0.717) is 12.1 Å². The molecule has 0 fully saturated rings. The molecule has 3 nitrogen and oxygen atoms in total. The van der Waals surface area contributed by atoms with Gasteiger partial charge in [-0.25, -0.2) is 0 Å². The first-order valence-corrected chi connectivity index (χ1v) is 11.1. The Labute approximate surface area is 181 Å². The molecule has 0 aromatic heterocycles. The van der Waals surface area contributed by atoms with Crippen molar-refractivity contribution in [2.75, 3.05) is 23.7 Å². The summed E-state index contributed by atoms with van der Waals surface area (Å²) in [4.78, 5) is 15.9. The molecular formula is C24H23ClN2OS. The van der Waals surface area contributed by atoms with Gasteiger partial charge < -0.3 is 10.2 Å². The largest absolute Gasteiger partial charge is 0.367 e. The van der Waals surface area contributed by atoms with E-state index < -0.39 is 0 Å². The van der Waals surface area contributed by atoms with Gasteiger partial charge in [0.1, 0.15) is 0 Å². The predicted octanol–water partition coefficient (Wildman–Crippen LogP) is 5.42. The third-order valence-corrected chi connectivity index (χ3v) is 6.31. The number of halogens is 1. The molecular weight excluding hydrogens is 400 g/mol.